The molecule has 0 bridgehead atoms. The minimum atomic E-state index is -0.285. The molecule has 2 aliphatic heterocycles. The lowest BCUT2D eigenvalue weighted by Gasteiger charge is -2.38. The Kier molecular flexibility index (Phi) is 8.10. The van der Waals surface area contributed by atoms with Crippen LogP contribution in [0.5, 0.6) is 5.75 Å². The van der Waals surface area contributed by atoms with E-state index in [-0.39, 0.29) is 17.0 Å². The van der Waals surface area contributed by atoms with E-state index >= 15 is 0 Å². The van der Waals surface area contributed by atoms with E-state index in [2.05, 4.69) is 24.8 Å². The third-order valence-electron chi connectivity index (χ3n) is 6.98. The maximum Gasteiger partial charge on any atom is 0.270 e. The van der Waals surface area contributed by atoms with Gasteiger partial charge in [-0.25, -0.2) is 0 Å². The molecule has 1 aromatic heterocycles. The average Bonchev–Trinajstić information content (AvgIpc) is 3.12. The molecule has 0 saturated carbocycles. The lowest BCUT2D eigenvalue weighted by atomic mass is 9.91. The van der Waals surface area contributed by atoms with Gasteiger partial charge < -0.3 is 9.64 Å². The van der Waals surface area contributed by atoms with Crippen molar-refractivity contribution in [2.24, 2.45) is 11.8 Å². The van der Waals surface area contributed by atoms with Gasteiger partial charge in [-0.2, -0.15) is 5.26 Å². The monoisotopic (exact) mass is 536 g/mol. The molecule has 3 heterocycles. The highest BCUT2D eigenvalue weighted by atomic mass is 32.2. The molecular weight excluding hydrogens is 504 g/mol. The second kappa shape index (κ2) is 11.1. The van der Waals surface area contributed by atoms with Gasteiger partial charge in [0.25, 0.3) is 11.5 Å². The van der Waals surface area contributed by atoms with E-state index in [1.54, 1.807) is 23.5 Å². The van der Waals surface area contributed by atoms with Crippen LogP contribution in [-0.4, -0.2) is 39.9 Å². The zero-order valence-corrected chi connectivity index (χ0v) is 23.5. The van der Waals surface area contributed by atoms with Crippen molar-refractivity contribution >= 4 is 46.1 Å². The highest BCUT2D eigenvalue weighted by Crippen LogP contribution is 2.38. The molecule has 194 valence electrons. The van der Waals surface area contributed by atoms with E-state index in [1.807, 2.05) is 37.3 Å². The zero-order valence-electron chi connectivity index (χ0n) is 21.9. The van der Waals surface area contributed by atoms with Crippen LogP contribution in [0.4, 0.5) is 5.82 Å². The van der Waals surface area contributed by atoms with Gasteiger partial charge in [-0.3, -0.25) is 19.1 Å². The van der Waals surface area contributed by atoms with E-state index in [9.17, 15) is 14.9 Å². The quantitative estimate of drug-likeness (QED) is 0.382. The molecule has 0 radical (unpaired) electrons. The molecule has 1 aromatic carbocycles. The van der Waals surface area contributed by atoms with Crippen molar-refractivity contribution in [3.63, 3.8) is 0 Å². The molecular formula is C28H32N4O3S2. The summed E-state index contributed by atoms with van der Waals surface area (Å²) in [5, 5.41) is 9.82. The first kappa shape index (κ1) is 27.0. The van der Waals surface area contributed by atoms with E-state index in [0.717, 1.165) is 42.2 Å². The number of nitrogens with zero attached hydrogens (tertiary/aromatic N) is 4. The number of methoxy groups -OCH3 is 1. The number of thiocarbonyl (C=S) groups is 1. The predicted molar refractivity (Wildman–Crippen MR) is 153 cm³/mol. The minimum Gasteiger partial charge on any atom is -0.497 e. The summed E-state index contributed by atoms with van der Waals surface area (Å²) in [4.78, 5) is 31.1. The first-order valence-corrected chi connectivity index (χ1v) is 13.7. The second-order valence-electron chi connectivity index (χ2n) is 9.87. The summed E-state index contributed by atoms with van der Waals surface area (Å²) < 4.78 is 7.39. The molecule has 0 N–H and O–H groups in total. The van der Waals surface area contributed by atoms with Crippen molar-refractivity contribution in [2.75, 3.05) is 25.1 Å². The minimum absolute atomic E-state index is 0.115. The molecule has 1 amide bonds. The topological polar surface area (TPSA) is 78.6 Å². The van der Waals surface area contributed by atoms with Crippen molar-refractivity contribution in [3.8, 4) is 11.8 Å². The number of ether oxygens (including phenoxy) is 1. The Morgan fingerprint density at radius 1 is 1.19 bits per heavy atom. The molecule has 2 atom stereocenters. The Labute approximate surface area is 227 Å². The molecule has 2 aliphatic rings. The van der Waals surface area contributed by atoms with Gasteiger partial charge in [-0.1, -0.05) is 50.0 Å². The van der Waals surface area contributed by atoms with Crippen molar-refractivity contribution in [1.82, 2.24) is 9.47 Å². The number of piperidine rings is 1. The fourth-order valence-corrected chi connectivity index (χ4v) is 6.53. The summed E-state index contributed by atoms with van der Waals surface area (Å²) in [7, 11) is 1.61. The number of nitriles is 1. The number of benzene rings is 1. The lowest BCUT2D eigenvalue weighted by molar-refractivity contribution is -0.122. The van der Waals surface area contributed by atoms with Crippen LogP contribution < -0.4 is 15.2 Å². The smallest absolute Gasteiger partial charge is 0.270 e. The molecule has 2 saturated heterocycles. The normalized spacial score (nSPS) is 21.0. The molecule has 2 aromatic rings. The number of hydrogen-bond donors (Lipinski definition) is 0. The third kappa shape index (κ3) is 5.32. The highest BCUT2D eigenvalue weighted by Gasteiger charge is 2.34. The standard InChI is InChI=1S/C28H32N4O3S2/c1-6-31-25(30-14-17(2)11-18(3)15-30)22(19(4)23(13-29)26(31)33)12-24-27(34)32(28(36)37-24)16-20-7-9-21(35-5)10-8-20/h7-10,12,17-18H,6,11,14-16H2,1-5H3. The number of aromatic nitrogens is 1. The number of carbonyl (C=O) groups excluding carboxylic acids is 1. The first-order valence-electron chi connectivity index (χ1n) is 12.5. The van der Waals surface area contributed by atoms with Crippen LogP contribution in [-0.2, 0) is 17.9 Å². The van der Waals surface area contributed by atoms with Gasteiger partial charge in [0.15, 0.2) is 0 Å². The first-order chi connectivity index (χ1) is 17.7. The van der Waals surface area contributed by atoms with Crippen LogP contribution in [0.15, 0.2) is 34.0 Å². The zero-order chi connectivity index (χ0) is 26.9. The Balaban J connectivity index is 1.78. The number of pyridine rings is 1. The Morgan fingerprint density at radius 2 is 1.84 bits per heavy atom. The van der Waals surface area contributed by atoms with Crippen molar-refractivity contribution in [1.29, 1.82) is 5.26 Å². The number of thioether (sulfide) groups is 1. The summed E-state index contributed by atoms with van der Waals surface area (Å²) in [5.74, 6) is 2.29. The van der Waals surface area contributed by atoms with Gasteiger partial charge >= 0.3 is 0 Å². The number of carbonyl (C=O) groups is 1. The maximum absolute atomic E-state index is 13.5. The van der Waals surface area contributed by atoms with Gasteiger partial charge in [-0.15, -0.1) is 0 Å². The van der Waals surface area contributed by atoms with Crippen LogP contribution in [0, 0.1) is 30.1 Å². The van der Waals surface area contributed by atoms with Crippen molar-refractivity contribution in [2.45, 2.75) is 47.2 Å². The maximum atomic E-state index is 13.5. The van der Waals surface area contributed by atoms with Gasteiger partial charge in [0.1, 0.15) is 27.5 Å². The molecule has 9 heteroatoms. The summed E-state index contributed by atoms with van der Waals surface area (Å²) in [5.41, 5.74) is 2.11. The van der Waals surface area contributed by atoms with Crippen LogP contribution in [0.3, 0.4) is 0 Å². The fraction of sp³-hybridized carbons (Fsp3) is 0.429. The average molecular weight is 537 g/mol. The molecule has 2 unspecified atom stereocenters. The van der Waals surface area contributed by atoms with Crippen LogP contribution in [0.2, 0.25) is 0 Å². The molecule has 0 aliphatic carbocycles. The molecule has 2 fully saturated rings. The number of hydrogen-bond acceptors (Lipinski definition) is 7. The van der Waals surface area contributed by atoms with Crippen LogP contribution in [0.1, 0.15) is 49.4 Å². The summed E-state index contributed by atoms with van der Waals surface area (Å²) in [6.45, 7) is 10.6. The van der Waals surface area contributed by atoms with Crippen molar-refractivity contribution in [3.05, 3.63) is 61.8 Å². The number of rotatable bonds is 6. The molecule has 37 heavy (non-hydrogen) atoms. The second-order valence-corrected chi connectivity index (χ2v) is 11.5. The molecule has 7 nitrogen and oxygen atoms in total. The van der Waals surface area contributed by atoms with E-state index in [1.165, 1.54) is 11.8 Å². The Hall–Kier alpha value is -3.09. The van der Waals surface area contributed by atoms with E-state index in [0.29, 0.717) is 39.7 Å². The van der Waals surface area contributed by atoms with Gasteiger partial charge in [0.2, 0.25) is 0 Å². The Bertz CT molecular complexity index is 1350. The van der Waals surface area contributed by atoms with E-state index < -0.39 is 0 Å². The fourth-order valence-electron chi connectivity index (χ4n) is 5.30. The van der Waals surface area contributed by atoms with E-state index in [4.69, 9.17) is 17.0 Å². The van der Waals surface area contributed by atoms with Crippen LogP contribution >= 0.6 is 24.0 Å². The van der Waals surface area contributed by atoms with Gasteiger partial charge in [0, 0.05) is 25.2 Å². The van der Waals surface area contributed by atoms with Gasteiger partial charge in [0.05, 0.1) is 18.6 Å². The highest BCUT2D eigenvalue weighted by molar-refractivity contribution is 8.26. The summed E-state index contributed by atoms with van der Waals surface area (Å²) in [6.07, 6.45) is 2.95. The van der Waals surface area contributed by atoms with Crippen LogP contribution in [0.25, 0.3) is 6.08 Å². The van der Waals surface area contributed by atoms with Gasteiger partial charge in [-0.05, 0) is 61.4 Å². The molecule has 0 spiro atoms. The summed E-state index contributed by atoms with van der Waals surface area (Å²) in [6, 6.07) is 9.65. The molecule has 4 rings (SSSR count). The Morgan fingerprint density at radius 3 is 2.41 bits per heavy atom. The van der Waals surface area contributed by atoms with Crippen molar-refractivity contribution < 1.29 is 9.53 Å². The number of anilines is 1. The summed E-state index contributed by atoms with van der Waals surface area (Å²) >= 11 is 6.84. The predicted octanol–water partition coefficient (Wildman–Crippen LogP) is 4.94. The SMILES string of the molecule is CCn1c(N2CC(C)CC(C)C2)c(C=C2SC(=S)N(Cc3ccc(OC)cc3)C2=O)c(C)c(C#N)c1=O. The number of amides is 1. The third-order valence-corrected chi connectivity index (χ3v) is 8.36. The largest absolute Gasteiger partial charge is 0.497 e. The lowest BCUT2D eigenvalue weighted by Crippen LogP contribution is -2.42.